The average molecular weight is 300 g/mol. The van der Waals surface area contributed by atoms with Crippen LogP contribution in [-0.2, 0) is 4.79 Å². The number of carboxylic acid groups (broad SMARTS) is 1. The molecule has 4 saturated carbocycles. The fourth-order valence-corrected chi connectivity index (χ4v) is 4.74. The molecule has 4 aliphatic carbocycles. The van der Waals surface area contributed by atoms with Gasteiger partial charge in [-0.1, -0.05) is 0 Å². The van der Waals surface area contributed by atoms with Crippen molar-refractivity contribution in [3.63, 3.8) is 0 Å². The van der Waals surface area contributed by atoms with Crippen molar-refractivity contribution in [2.24, 2.45) is 28.9 Å². The molecule has 0 aromatic carbocycles. The molecule has 3 N–H and O–H groups in total. The highest BCUT2D eigenvalue weighted by atomic mass is 35.5. The summed E-state index contributed by atoms with van der Waals surface area (Å²) in [6.45, 7) is 0. The number of nitrogens with two attached hydrogens (primary N) is 1. The van der Waals surface area contributed by atoms with Crippen LogP contribution in [0.3, 0.4) is 0 Å². The summed E-state index contributed by atoms with van der Waals surface area (Å²) in [5.74, 6) is -2.18. The fraction of sp³-hybridized carbons (Fsp3) is 0.917. The number of alkyl halides is 3. The van der Waals surface area contributed by atoms with E-state index in [1.54, 1.807) is 0 Å². The second-order valence-electron chi connectivity index (χ2n) is 6.36. The van der Waals surface area contributed by atoms with Gasteiger partial charge in [0, 0.05) is 0 Å². The van der Waals surface area contributed by atoms with Gasteiger partial charge in [0.25, 0.3) is 0 Å². The van der Waals surface area contributed by atoms with E-state index in [2.05, 4.69) is 0 Å². The Morgan fingerprint density at radius 1 is 1.16 bits per heavy atom. The van der Waals surface area contributed by atoms with Gasteiger partial charge >= 0.3 is 12.1 Å². The highest BCUT2D eigenvalue weighted by Crippen LogP contribution is 2.67. The van der Waals surface area contributed by atoms with Crippen LogP contribution >= 0.6 is 12.4 Å². The second kappa shape index (κ2) is 4.01. The molecular formula is C12H17ClF3NO2. The topological polar surface area (TPSA) is 63.3 Å². The normalized spacial score (nSPS) is 47.9. The van der Waals surface area contributed by atoms with Crippen molar-refractivity contribution in [1.82, 2.24) is 0 Å². The number of rotatable bonds is 1. The summed E-state index contributed by atoms with van der Waals surface area (Å²) in [6.07, 6.45) is -3.20. The first kappa shape index (κ1) is 14.9. The molecule has 4 rings (SSSR count). The van der Waals surface area contributed by atoms with Crippen LogP contribution in [0.2, 0.25) is 0 Å². The van der Waals surface area contributed by atoms with Crippen LogP contribution in [0.25, 0.3) is 0 Å². The van der Waals surface area contributed by atoms with Gasteiger partial charge in [0.05, 0.1) is 5.41 Å². The number of aliphatic carboxylic acids is 1. The first-order valence-corrected chi connectivity index (χ1v) is 6.28. The SMILES string of the molecule is Cl.NC1(C(=O)O)C2CC3CC1CC(C(F)(F)F)(C3)C2. The molecule has 0 amide bonds. The van der Waals surface area contributed by atoms with Crippen molar-refractivity contribution in [2.45, 2.75) is 43.8 Å². The lowest BCUT2D eigenvalue weighted by atomic mass is 9.43. The Balaban J connectivity index is 0.00000133. The Kier molecular flexibility index (Phi) is 3.14. The minimum Gasteiger partial charge on any atom is -0.480 e. The van der Waals surface area contributed by atoms with E-state index in [-0.39, 0.29) is 37.6 Å². The van der Waals surface area contributed by atoms with Crippen molar-refractivity contribution in [3.8, 4) is 0 Å². The Bertz CT molecular complexity index is 396. The third kappa shape index (κ3) is 1.72. The number of carboxylic acids is 1. The Morgan fingerprint density at radius 3 is 2.00 bits per heavy atom. The molecule has 19 heavy (non-hydrogen) atoms. The largest absolute Gasteiger partial charge is 0.480 e. The molecule has 0 aliphatic heterocycles. The molecule has 0 heterocycles. The minimum absolute atomic E-state index is 0. The zero-order valence-corrected chi connectivity index (χ0v) is 11.1. The Morgan fingerprint density at radius 2 is 1.63 bits per heavy atom. The molecule has 0 aromatic rings. The van der Waals surface area contributed by atoms with E-state index in [9.17, 15) is 23.1 Å². The number of hydrogen-bond donors (Lipinski definition) is 2. The van der Waals surface area contributed by atoms with Crippen molar-refractivity contribution in [2.75, 3.05) is 0 Å². The highest BCUT2D eigenvalue weighted by Gasteiger charge is 2.70. The van der Waals surface area contributed by atoms with E-state index < -0.39 is 34.9 Å². The van der Waals surface area contributed by atoms with Crippen molar-refractivity contribution < 1.29 is 23.1 Å². The molecule has 4 aliphatic rings. The minimum atomic E-state index is -4.23. The average Bonchev–Trinajstić information content (AvgIpc) is 2.22. The predicted molar refractivity (Wildman–Crippen MR) is 63.8 cm³/mol. The van der Waals surface area contributed by atoms with Gasteiger partial charge in [-0.15, -0.1) is 12.4 Å². The quantitative estimate of drug-likeness (QED) is 0.782. The molecule has 0 radical (unpaired) electrons. The summed E-state index contributed by atoms with van der Waals surface area (Å²) in [7, 11) is 0. The van der Waals surface area contributed by atoms with Crippen LogP contribution in [0.15, 0.2) is 0 Å². The third-order valence-electron chi connectivity index (χ3n) is 5.51. The van der Waals surface area contributed by atoms with E-state index in [1.807, 2.05) is 0 Å². The molecule has 3 nitrogen and oxygen atoms in total. The molecule has 0 saturated heterocycles. The predicted octanol–water partition coefficient (Wildman–Crippen LogP) is 2.58. The molecule has 110 valence electrons. The monoisotopic (exact) mass is 299 g/mol. The van der Waals surface area contributed by atoms with Gasteiger partial charge in [-0.2, -0.15) is 13.2 Å². The molecule has 0 spiro atoms. The van der Waals surface area contributed by atoms with E-state index in [0.29, 0.717) is 12.8 Å². The molecule has 4 bridgehead atoms. The van der Waals surface area contributed by atoms with Crippen molar-refractivity contribution in [3.05, 3.63) is 0 Å². The zero-order chi connectivity index (χ0) is 13.3. The molecule has 0 aromatic heterocycles. The van der Waals surface area contributed by atoms with E-state index in [1.165, 1.54) is 0 Å². The van der Waals surface area contributed by atoms with Crippen LogP contribution in [0, 0.1) is 23.2 Å². The third-order valence-corrected chi connectivity index (χ3v) is 5.51. The fourth-order valence-electron chi connectivity index (χ4n) is 4.74. The van der Waals surface area contributed by atoms with E-state index in [4.69, 9.17) is 5.73 Å². The first-order chi connectivity index (χ1) is 8.19. The van der Waals surface area contributed by atoms with Gasteiger partial charge in [0.15, 0.2) is 0 Å². The molecular weight excluding hydrogens is 283 g/mol. The summed E-state index contributed by atoms with van der Waals surface area (Å²) in [5, 5.41) is 9.28. The lowest BCUT2D eigenvalue weighted by molar-refractivity contribution is -0.283. The zero-order valence-electron chi connectivity index (χ0n) is 10.2. The standard InChI is InChI=1S/C12H16F3NO2.ClH/c13-12(14,15)10-3-6-1-7(4-10)11(16,9(17)18)8(2-6)5-10;/h6-8H,1-5,16H2,(H,17,18);1H. The van der Waals surface area contributed by atoms with Crippen LogP contribution in [0.1, 0.15) is 32.1 Å². The maximum atomic E-state index is 13.3. The summed E-state index contributed by atoms with van der Waals surface area (Å²) in [5.41, 5.74) is 2.87. The van der Waals surface area contributed by atoms with Crippen LogP contribution in [0.5, 0.6) is 0 Å². The van der Waals surface area contributed by atoms with E-state index >= 15 is 0 Å². The van der Waals surface area contributed by atoms with Crippen molar-refractivity contribution in [1.29, 1.82) is 0 Å². The molecule has 4 fully saturated rings. The summed E-state index contributed by atoms with van der Waals surface area (Å²) in [6, 6.07) is 0. The van der Waals surface area contributed by atoms with Crippen molar-refractivity contribution >= 4 is 18.4 Å². The van der Waals surface area contributed by atoms with E-state index in [0.717, 1.165) is 0 Å². The lowest BCUT2D eigenvalue weighted by Gasteiger charge is -2.62. The molecule has 7 heteroatoms. The Labute approximate surface area is 115 Å². The Hall–Kier alpha value is -0.490. The second-order valence-corrected chi connectivity index (χ2v) is 6.36. The van der Waals surface area contributed by atoms with Crippen LogP contribution < -0.4 is 5.73 Å². The van der Waals surface area contributed by atoms with Crippen LogP contribution in [-0.4, -0.2) is 22.8 Å². The van der Waals surface area contributed by atoms with Gasteiger partial charge in [-0.3, -0.25) is 4.79 Å². The summed E-state index contributed by atoms with van der Waals surface area (Å²) >= 11 is 0. The number of hydrogen-bond acceptors (Lipinski definition) is 2. The number of carbonyl (C=O) groups is 1. The highest BCUT2D eigenvalue weighted by molar-refractivity contribution is 5.85. The maximum absolute atomic E-state index is 13.3. The van der Waals surface area contributed by atoms with Gasteiger partial charge in [-0.25, -0.2) is 0 Å². The van der Waals surface area contributed by atoms with Gasteiger partial charge in [-0.05, 0) is 49.9 Å². The van der Waals surface area contributed by atoms with Crippen LogP contribution in [0.4, 0.5) is 13.2 Å². The maximum Gasteiger partial charge on any atom is 0.394 e. The molecule has 2 atom stereocenters. The number of halogens is 4. The van der Waals surface area contributed by atoms with Gasteiger partial charge < -0.3 is 10.8 Å². The lowest BCUT2D eigenvalue weighted by Crippen LogP contribution is -2.71. The smallest absolute Gasteiger partial charge is 0.394 e. The van der Waals surface area contributed by atoms with Gasteiger partial charge in [0.2, 0.25) is 0 Å². The summed E-state index contributed by atoms with van der Waals surface area (Å²) < 4.78 is 39.8. The molecule has 2 unspecified atom stereocenters. The van der Waals surface area contributed by atoms with Gasteiger partial charge in [0.1, 0.15) is 5.54 Å². The first-order valence-electron chi connectivity index (χ1n) is 6.28. The summed E-state index contributed by atoms with van der Waals surface area (Å²) in [4.78, 5) is 11.4.